The molecule has 0 fully saturated rings. The van der Waals surface area contributed by atoms with E-state index >= 15 is 0 Å². The molecule has 0 radical (unpaired) electrons. The molecule has 0 amide bonds. The lowest BCUT2D eigenvalue weighted by Gasteiger charge is -2.20. The van der Waals surface area contributed by atoms with Crippen molar-refractivity contribution in [2.75, 3.05) is 11.9 Å². The van der Waals surface area contributed by atoms with Crippen molar-refractivity contribution in [1.82, 2.24) is 0 Å². The number of fused-ring (bicyclic) bond motifs is 1. The van der Waals surface area contributed by atoms with Gasteiger partial charge in [-0.15, -0.1) is 0 Å². The number of anilines is 2. The number of carboxylic acid groups (broad SMARTS) is 1. The second-order valence-electron chi connectivity index (χ2n) is 5.22. The number of hydrogen-bond donors (Lipinski definition) is 1. The summed E-state index contributed by atoms with van der Waals surface area (Å²) in [6, 6.07) is 13.5. The number of carboxylic acids is 1. The van der Waals surface area contributed by atoms with Crippen molar-refractivity contribution in [3.63, 3.8) is 0 Å². The van der Waals surface area contributed by atoms with Gasteiger partial charge in [-0.2, -0.15) is 0 Å². The van der Waals surface area contributed by atoms with Gasteiger partial charge in [0.1, 0.15) is 0 Å². The molecule has 0 spiro atoms. The zero-order valence-corrected chi connectivity index (χ0v) is 11.5. The van der Waals surface area contributed by atoms with Crippen LogP contribution in [-0.2, 0) is 12.8 Å². The van der Waals surface area contributed by atoms with Crippen molar-refractivity contribution < 1.29 is 9.90 Å². The average molecular weight is 267 g/mol. The fourth-order valence-electron chi connectivity index (χ4n) is 2.76. The average Bonchev–Trinajstić information content (AvgIpc) is 2.94. The maximum absolute atomic E-state index is 11.0. The number of aryl methyl sites for hydroxylation is 2. The maximum Gasteiger partial charge on any atom is 0.335 e. The third kappa shape index (κ3) is 2.27. The molecule has 1 aliphatic carbocycles. The Labute approximate surface area is 118 Å². The van der Waals surface area contributed by atoms with E-state index in [2.05, 4.69) is 18.2 Å². The van der Waals surface area contributed by atoms with Crippen LogP contribution in [0.25, 0.3) is 0 Å². The molecular formula is C17H17NO2. The number of nitrogens with zero attached hydrogens (tertiary/aromatic N) is 1. The van der Waals surface area contributed by atoms with E-state index in [4.69, 9.17) is 5.11 Å². The van der Waals surface area contributed by atoms with Gasteiger partial charge in [0.05, 0.1) is 5.56 Å². The molecule has 1 aliphatic rings. The molecule has 0 unspecified atom stereocenters. The maximum atomic E-state index is 11.0. The zero-order valence-electron chi connectivity index (χ0n) is 11.5. The number of hydrogen-bond acceptors (Lipinski definition) is 2. The summed E-state index contributed by atoms with van der Waals surface area (Å²) < 4.78 is 0. The van der Waals surface area contributed by atoms with Gasteiger partial charge in [-0.3, -0.25) is 0 Å². The highest BCUT2D eigenvalue weighted by molar-refractivity contribution is 5.89. The third-order valence-corrected chi connectivity index (χ3v) is 3.95. The Hall–Kier alpha value is -2.29. The lowest BCUT2D eigenvalue weighted by atomic mass is 10.1. The van der Waals surface area contributed by atoms with E-state index in [9.17, 15) is 4.79 Å². The number of benzene rings is 2. The first-order valence-electron chi connectivity index (χ1n) is 6.84. The topological polar surface area (TPSA) is 40.5 Å². The summed E-state index contributed by atoms with van der Waals surface area (Å²) in [5.74, 6) is -0.894. The molecule has 3 heteroatoms. The first-order chi connectivity index (χ1) is 9.65. The summed E-state index contributed by atoms with van der Waals surface area (Å²) in [7, 11) is 1.97. The quantitative estimate of drug-likeness (QED) is 0.923. The molecular weight excluding hydrogens is 250 g/mol. The van der Waals surface area contributed by atoms with Gasteiger partial charge in [-0.1, -0.05) is 12.1 Å². The second kappa shape index (κ2) is 5.00. The van der Waals surface area contributed by atoms with Crippen LogP contribution in [0.5, 0.6) is 0 Å². The van der Waals surface area contributed by atoms with Gasteiger partial charge >= 0.3 is 5.97 Å². The fourth-order valence-corrected chi connectivity index (χ4v) is 2.76. The summed E-state index contributed by atoms with van der Waals surface area (Å²) in [5.41, 5.74) is 5.18. The molecule has 2 aromatic rings. The molecule has 0 saturated heterocycles. The highest BCUT2D eigenvalue weighted by atomic mass is 16.4. The Morgan fingerprint density at radius 1 is 1.05 bits per heavy atom. The third-order valence-electron chi connectivity index (χ3n) is 3.95. The lowest BCUT2D eigenvalue weighted by molar-refractivity contribution is 0.0697. The monoisotopic (exact) mass is 267 g/mol. The van der Waals surface area contributed by atoms with Gasteiger partial charge in [0.2, 0.25) is 0 Å². The molecule has 3 nitrogen and oxygen atoms in total. The van der Waals surface area contributed by atoms with Crippen LogP contribution < -0.4 is 4.90 Å². The highest BCUT2D eigenvalue weighted by Gasteiger charge is 2.13. The van der Waals surface area contributed by atoms with Crippen LogP contribution in [0.2, 0.25) is 0 Å². The van der Waals surface area contributed by atoms with E-state index in [0.29, 0.717) is 5.56 Å². The first-order valence-corrected chi connectivity index (χ1v) is 6.84. The summed E-state index contributed by atoms with van der Waals surface area (Å²) in [6.07, 6.45) is 3.55. The van der Waals surface area contributed by atoms with Gasteiger partial charge in [0, 0.05) is 18.4 Å². The Morgan fingerprint density at radius 3 is 2.60 bits per heavy atom. The van der Waals surface area contributed by atoms with Crippen LogP contribution in [0.4, 0.5) is 11.4 Å². The number of carbonyl (C=O) groups is 1. The van der Waals surface area contributed by atoms with E-state index in [0.717, 1.165) is 17.8 Å². The lowest BCUT2D eigenvalue weighted by Crippen LogP contribution is -2.10. The van der Waals surface area contributed by atoms with Crippen LogP contribution in [-0.4, -0.2) is 18.1 Å². The van der Waals surface area contributed by atoms with Gasteiger partial charge in [0.15, 0.2) is 0 Å². The fraction of sp³-hybridized carbons (Fsp3) is 0.235. The first kappa shape index (κ1) is 12.7. The minimum absolute atomic E-state index is 0.315. The largest absolute Gasteiger partial charge is 0.478 e. The predicted octanol–water partition coefficient (Wildman–Crippen LogP) is 3.64. The minimum Gasteiger partial charge on any atom is -0.478 e. The summed E-state index contributed by atoms with van der Waals surface area (Å²) >= 11 is 0. The Morgan fingerprint density at radius 2 is 1.80 bits per heavy atom. The van der Waals surface area contributed by atoms with Gasteiger partial charge in [0.25, 0.3) is 0 Å². The van der Waals surface area contributed by atoms with Crippen molar-refractivity contribution in [2.24, 2.45) is 0 Å². The molecule has 102 valence electrons. The van der Waals surface area contributed by atoms with E-state index < -0.39 is 5.97 Å². The second-order valence-corrected chi connectivity index (χ2v) is 5.22. The highest BCUT2D eigenvalue weighted by Crippen LogP contribution is 2.30. The number of aromatic carboxylic acids is 1. The van der Waals surface area contributed by atoms with Crippen molar-refractivity contribution in [3.8, 4) is 0 Å². The number of rotatable bonds is 3. The van der Waals surface area contributed by atoms with E-state index in [1.54, 1.807) is 18.2 Å². The smallest absolute Gasteiger partial charge is 0.335 e. The van der Waals surface area contributed by atoms with E-state index in [1.807, 2.05) is 18.0 Å². The van der Waals surface area contributed by atoms with E-state index in [1.165, 1.54) is 24.0 Å². The van der Waals surface area contributed by atoms with Crippen LogP contribution in [0.15, 0.2) is 42.5 Å². The molecule has 0 atom stereocenters. The van der Waals surface area contributed by atoms with Crippen molar-refractivity contribution >= 4 is 17.3 Å². The molecule has 1 N–H and O–H groups in total. The normalized spacial score (nSPS) is 13.1. The van der Waals surface area contributed by atoms with Gasteiger partial charge < -0.3 is 10.0 Å². The van der Waals surface area contributed by atoms with Crippen molar-refractivity contribution in [3.05, 3.63) is 59.2 Å². The molecule has 0 aliphatic heterocycles. The molecule has 20 heavy (non-hydrogen) atoms. The zero-order chi connectivity index (χ0) is 14.1. The Bertz CT molecular complexity index is 664. The van der Waals surface area contributed by atoms with Gasteiger partial charge in [-0.25, -0.2) is 4.79 Å². The molecule has 0 saturated carbocycles. The molecule has 2 aromatic carbocycles. The van der Waals surface area contributed by atoms with Crippen LogP contribution in [0, 0.1) is 0 Å². The van der Waals surface area contributed by atoms with Crippen LogP contribution in [0.3, 0.4) is 0 Å². The van der Waals surface area contributed by atoms with E-state index in [-0.39, 0.29) is 0 Å². The standard InChI is InChI=1S/C17H17NO2/c1-18(15-7-3-6-14(11-15)17(19)20)16-9-8-12-4-2-5-13(12)10-16/h3,6-11H,2,4-5H2,1H3,(H,19,20). The SMILES string of the molecule is CN(c1cccc(C(=O)O)c1)c1ccc2c(c1)CCC2. The summed E-state index contributed by atoms with van der Waals surface area (Å²) in [5, 5.41) is 9.07. The predicted molar refractivity (Wildman–Crippen MR) is 79.9 cm³/mol. The van der Waals surface area contributed by atoms with Crippen LogP contribution >= 0.6 is 0 Å². The summed E-state index contributed by atoms with van der Waals surface area (Å²) in [6.45, 7) is 0. The van der Waals surface area contributed by atoms with Crippen LogP contribution in [0.1, 0.15) is 27.9 Å². The summed E-state index contributed by atoms with van der Waals surface area (Å²) in [4.78, 5) is 13.1. The molecule has 0 aromatic heterocycles. The molecule has 0 bridgehead atoms. The van der Waals surface area contributed by atoms with Gasteiger partial charge in [-0.05, 0) is 60.7 Å². The van der Waals surface area contributed by atoms with Crippen molar-refractivity contribution in [2.45, 2.75) is 19.3 Å². The molecule has 0 heterocycles. The Kier molecular flexibility index (Phi) is 3.18. The van der Waals surface area contributed by atoms with Crippen molar-refractivity contribution in [1.29, 1.82) is 0 Å². The minimum atomic E-state index is -0.894. The Balaban J connectivity index is 1.94. The molecule has 3 rings (SSSR count).